The van der Waals surface area contributed by atoms with E-state index in [-0.39, 0.29) is 43.2 Å². The van der Waals surface area contributed by atoms with Crippen LogP contribution in [0.4, 0.5) is 13.2 Å². The maximum atomic E-state index is 14.8. The zero-order valence-electron chi connectivity index (χ0n) is 18.3. The zero-order chi connectivity index (χ0) is 23.7. The molecule has 172 valence electrons. The minimum absolute atomic E-state index is 0.00538. The number of benzene rings is 2. The fourth-order valence-corrected chi connectivity index (χ4v) is 4.38. The van der Waals surface area contributed by atoms with Crippen molar-refractivity contribution in [3.05, 3.63) is 88.4 Å². The predicted octanol–water partition coefficient (Wildman–Crippen LogP) is 4.65. The molecular weight excluding hydrogens is 433 g/mol. The molecule has 8 heteroatoms. The van der Waals surface area contributed by atoms with Crippen LogP contribution in [-0.4, -0.2) is 28.1 Å². The van der Waals surface area contributed by atoms with Crippen molar-refractivity contribution in [1.82, 2.24) is 9.88 Å². The largest absolute Gasteiger partial charge is 0.444 e. The third kappa shape index (κ3) is 4.99. The lowest BCUT2D eigenvalue weighted by Gasteiger charge is -2.18. The summed E-state index contributed by atoms with van der Waals surface area (Å²) in [6.07, 6.45) is 1.33. The molecule has 0 N–H and O–H groups in total. The highest BCUT2D eigenvalue weighted by atomic mass is 19.1. The van der Waals surface area contributed by atoms with Gasteiger partial charge in [0, 0.05) is 30.9 Å². The summed E-state index contributed by atoms with van der Waals surface area (Å²) in [5.74, 6) is -3.44. The maximum Gasteiger partial charge on any atom is 0.227 e. The Kier molecular flexibility index (Phi) is 6.35. The van der Waals surface area contributed by atoms with Crippen molar-refractivity contribution in [2.24, 2.45) is 5.92 Å². The van der Waals surface area contributed by atoms with Crippen molar-refractivity contribution in [1.29, 1.82) is 0 Å². The van der Waals surface area contributed by atoms with Crippen LogP contribution in [0.1, 0.15) is 40.7 Å². The van der Waals surface area contributed by atoms with E-state index in [0.717, 1.165) is 0 Å². The van der Waals surface area contributed by atoms with Crippen LogP contribution in [0.25, 0.3) is 0 Å². The number of hydrogen-bond acceptors (Lipinski definition) is 4. The van der Waals surface area contributed by atoms with E-state index >= 15 is 0 Å². The van der Waals surface area contributed by atoms with E-state index in [0.29, 0.717) is 22.8 Å². The van der Waals surface area contributed by atoms with E-state index in [1.807, 2.05) is 0 Å². The summed E-state index contributed by atoms with van der Waals surface area (Å²) in [6, 6.07) is 7.95. The first-order valence-corrected chi connectivity index (χ1v) is 10.6. The zero-order valence-corrected chi connectivity index (χ0v) is 18.3. The van der Waals surface area contributed by atoms with Crippen LogP contribution >= 0.6 is 0 Å². The number of nitrogens with zero attached hydrogens (tertiary/aromatic N) is 2. The lowest BCUT2D eigenvalue weighted by molar-refractivity contribution is -0.134. The van der Waals surface area contributed by atoms with Crippen molar-refractivity contribution < 1.29 is 27.2 Å². The van der Waals surface area contributed by atoms with E-state index < -0.39 is 29.3 Å². The normalized spacial score (nSPS) is 18.2. The Balaban J connectivity index is 1.60. The van der Waals surface area contributed by atoms with Crippen LogP contribution in [0.3, 0.4) is 0 Å². The first-order chi connectivity index (χ1) is 15.7. The Labute approximate surface area is 189 Å². The second-order valence-electron chi connectivity index (χ2n) is 8.48. The van der Waals surface area contributed by atoms with Gasteiger partial charge in [-0.3, -0.25) is 9.59 Å². The number of halogens is 3. The molecule has 4 rings (SSSR count). The van der Waals surface area contributed by atoms with Gasteiger partial charge in [-0.1, -0.05) is 12.1 Å². The summed E-state index contributed by atoms with van der Waals surface area (Å²) in [6.45, 7) is 3.38. The van der Waals surface area contributed by atoms with Gasteiger partial charge in [0.2, 0.25) is 11.8 Å². The van der Waals surface area contributed by atoms with Crippen molar-refractivity contribution in [2.75, 3.05) is 6.54 Å². The van der Waals surface area contributed by atoms with Gasteiger partial charge in [-0.25, -0.2) is 18.2 Å². The highest BCUT2D eigenvalue weighted by molar-refractivity contribution is 5.90. The number of carbonyl (C=O) groups is 2. The van der Waals surface area contributed by atoms with Gasteiger partial charge in [-0.2, -0.15) is 0 Å². The molecule has 0 radical (unpaired) electrons. The Morgan fingerprint density at radius 2 is 1.79 bits per heavy atom. The number of ketones is 1. The fourth-order valence-electron chi connectivity index (χ4n) is 4.38. The molecule has 0 saturated carbocycles. The van der Waals surface area contributed by atoms with Crippen LogP contribution in [0.2, 0.25) is 0 Å². The van der Waals surface area contributed by atoms with Crippen LogP contribution in [0, 0.1) is 37.2 Å². The van der Waals surface area contributed by atoms with Gasteiger partial charge in [0.25, 0.3) is 0 Å². The monoisotopic (exact) mass is 456 g/mol. The molecule has 0 aliphatic carbocycles. The molecule has 1 aliphatic rings. The lowest BCUT2D eigenvalue weighted by Crippen LogP contribution is -2.28. The molecule has 0 spiro atoms. The first-order valence-electron chi connectivity index (χ1n) is 10.6. The standard InChI is InChI=1S/C25H23F3N2O3/c1-14-7-21(27)24(22(28)8-14)20-12-30(13-23-29-11-15(2)33-23)25(32)19(20)10-18(31)9-16-3-5-17(26)6-4-16/h3-8,11,19-20H,9-10,12-13H2,1-2H3/t19-,20+/m0/s1. The molecule has 0 bridgehead atoms. The van der Waals surface area contributed by atoms with Crippen molar-refractivity contribution in [3.8, 4) is 0 Å². The van der Waals surface area contributed by atoms with Gasteiger partial charge in [0.1, 0.15) is 29.0 Å². The molecule has 1 amide bonds. The molecule has 5 nitrogen and oxygen atoms in total. The quantitative estimate of drug-likeness (QED) is 0.519. The third-order valence-corrected chi connectivity index (χ3v) is 5.88. The Morgan fingerprint density at radius 3 is 2.39 bits per heavy atom. The molecule has 1 aromatic heterocycles. The Hall–Kier alpha value is -3.42. The van der Waals surface area contributed by atoms with Crippen molar-refractivity contribution in [2.45, 2.75) is 39.2 Å². The number of aromatic nitrogens is 1. The molecule has 2 aromatic carbocycles. The molecule has 2 atom stereocenters. The van der Waals surface area contributed by atoms with Crippen molar-refractivity contribution in [3.63, 3.8) is 0 Å². The van der Waals surface area contributed by atoms with Crippen LogP contribution in [0.5, 0.6) is 0 Å². The van der Waals surface area contributed by atoms with E-state index in [1.165, 1.54) is 47.5 Å². The van der Waals surface area contributed by atoms with Gasteiger partial charge >= 0.3 is 0 Å². The minimum Gasteiger partial charge on any atom is -0.444 e. The number of amides is 1. The van der Waals surface area contributed by atoms with E-state index in [9.17, 15) is 22.8 Å². The third-order valence-electron chi connectivity index (χ3n) is 5.88. The van der Waals surface area contributed by atoms with Crippen LogP contribution in [-0.2, 0) is 22.6 Å². The number of hydrogen-bond donors (Lipinski definition) is 0. The molecule has 1 aliphatic heterocycles. The van der Waals surface area contributed by atoms with Crippen molar-refractivity contribution >= 4 is 11.7 Å². The predicted molar refractivity (Wildman–Crippen MR) is 114 cm³/mol. The summed E-state index contributed by atoms with van der Waals surface area (Å²) in [4.78, 5) is 31.5. The second-order valence-corrected chi connectivity index (χ2v) is 8.48. The number of rotatable bonds is 7. The van der Waals surface area contributed by atoms with Crippen LogP contribution < -0.4 is 0 Å². The molecular formula is C25H23F3N2O3. The van der Waals surface area contributed by atoms with Crippen LogP contribution in [0.15, 0.2) is 47.0 Å². The maximum absolute atomic E-state index is 14.8. The Bertz CT molecular complexity index is 1170. The summed E-state index contributed by atoms with van der Waals surface area (Å²) in [7, 11) is 0. The minimum atomic E-state index is -0.930. The van der Waals surface area contributed by atoms with Gasteiger partial charge in [-0.15, -0.1) is 0 Å². The molecule has 1 fully saturated rings. The fraction of sp³-hybridized carbons (Fsp3) is 0.320. The molecule has 3 aromatic rings. The summed E-state index contributed by atoms with van der Waals surface area (Å²) < 4.78 is 48.2. The first kappa shape index (κ1) is 22.8. The smallest absolute Gasteiger partial charge is 0.227 e. The molecule has 0 unspecified atom stereocenters. The summed E-state index contributed by atoms with van der Waals surface area (Å²) >= 11 is 0. The number of aryl methyl sites for hydroxylation is 2. The highest BCUT2D eigenvalue weighted by Crippen LogP contribution is 2.39. The second kappa shape index (κ2) is 9.21. The summed E-state index contributed by atoms with van der Waals surface area (Å²) in [5.41, 5.74) is 0.831. The van der Waals surface area contributed by atoms with Gasteiger partial charge in [0.15, 0.2) is 0 Å². The molecule has 1 saturated heterocycles. The number of likely N-dealkylation sites (tertiary alicyclic amines) is 1. The number of oxazole rings is 1. The molecule has 2 heterocycles. The average Bonchev–Trinajstić information content (AvgIpc) is 3.27. The highest BCUT2D eigenvalue weighted by Gasteiger charge is 2.44. The topological polar surface area (TPSA) is 63.4 Å². The average molecular weight is 456 g/mol. The van der Waals surface area contributed by atoms with Gasteiger partial charge < -0.3 is 9.32 Å². The van der Waals surface area contributed by atoms with E-state index in [4.69, 9.17) is 4.42 Å². The number of carbonyl (C=O) groups excluding carboxylic acids is 2. The van der Waals surface area contributed by atoms with Gasteiger partial charge in [0.05, 0.1) is 18.7 Å². The van der Waals surface area contributed by atoms with Gasteiger partial charge in [-0.05, 0) is 49.2 Å². The lowest BCUT2D eigenvalue weighted by atomic mass is 9.83. The van der Waals surface area contributed by atoms with E-state index in [1.54, 1.807) is 13.8 Å². The summed E-state index contributed by atoms with van der Waals surface area (Å²) in [5, 5.41) is 0. The van der Waals surface area contributed by atoms with E-state index in [2.05, 4.69) is 4.98 Å². The molecule has 33 heavy (non-hydrogen) atoms. The Morgan fingerprint density at radius 1 is 1.12 bits per heavy atom. The number of Topliss-reactive ketones (excluding diaryl/α,β-unsaturated/α-hetero) is 1. The SMILES string of the molecule is Cc1cc(F)c([C@@H]2CN(Cc3ncc(C)o3)C(=O)[C@H]2CC(=O)Cc2ccc(F)cc2)c(F)c1.